The molecule has 1 aromatic carbocycles. The molecule has 4 rings (SSSR count). The molecule has 3 heterocycles. The summed E-state index contributed by atoms with van der Waals surface area (Å²) in [6.45, 7) is 4.14. The highest BCUT2D eigenvalue weighted by Crippen LogP contribution is 2.16. The maximum Gasteiger partial charge on any atom is 0.272 e. The third-order valence-corrected chi connectivity index (χ3v) is 5.25. The molecule has 0 N–H and O–H groups in total. The molecule has 0 radical (unpaired) electrons. The Kier molecular flexibility index (Phi) is 5.23. The number of rotatable bonds is 5. The highest BCUT2D eigenvalue weighted by molar-refractivity contribution is 5.92. The number of carbonyl (C=O) groups excluding carboxylic acids is 1. The topological polar surface area (TPSA) is 68.8 Å². The number of amides is 1. The van der Waals surface area contributed by atoms with Crippen LogP contribution in [0.3, 0.4) is 0 Å². The Hall–Kier alpha value is -2.96. The number of carbonyl (C=O) groups is 1. The molecule has 0 saturated heterocycles. The predicted octanol–water partition coefficient (Wildman–Crippen LogP) is 2.25. The smallest absolute Gasteiger partial charge is 0.272 e. The molecule has 0 atom stereocenters. The third-order valence-electron chi connectivity index (χ3n) is 5.25. The van der Waals surface area contributed by atoms with Gasteiger partial charge in [0.2, 0.25) is 0 Å². The van der Waals surface area contributed by atoms with Gasteiger partial charge in [0.1, 0.15) is 17.3 Å². The van der Waals surface area contributed by atoms with Crippen LogP contribution in [-0.4, -0.2) is 48.4 Å². The molecule has 0 spiro atoms. The van der Waals surface area contributed by atoms with E-state index in [1.807, 2.05) is 36.2 Å². The van der Waals surface area contributed by atoms with Gasteiger partial charge in [-0.15, -0.1) is 10.2 Å². The van der Waals surface area contributed by atoms with E-state index in [4.69, 9.17) is 0 Å². The van der Waals surface area contributed by atoms with Crippen LogP contribution in [0.4, 0.5) is 0 Å². The molecular weight excluding hydrogens is 352 g/mol. The van der Waals surface area contributed by atoms with Crippen molar-refractivity contribution in [1.29, 1.82) is 0 Å². The predicted molar refractivity (Wildman–Crippen MR) is 106 cm³/mol. The summed E-state index contributed by atoms with van der Waals surface area (Å²) in [6, 6.07) is 12.2. The van der Waals surface area contributed by atoms with Gasteiger partial charge < -0.3 is 9.47 Å². The number of benzene rings is 1. The average Bonchev–Trinajstić information content (AvgIpc) is 3.18. The van der Waals surface area contributed by atoms with Crippen molar-refractivity contribution in [2.45, 2.75) is 39.2 Å². The second-order valence-corrected chi connectivity index (χ2v) is 7.28. The van der Waals surface area contributed by atoms with Crippen molar-refractivity contribution >= 4 is 5.91 Å². The largest absolute Gasteiger partial charge is 0.335 e. The van der Waals surface area contributed by atoms with Crippen molar-refractivity contribution in [2.75, 3.05) is 13.1 Å². The first kappa shape index (κ1) is 18.4. The molecule has 7 nitrogen and oxygen atoms in total. The van der Waals surface area contributed by atoms with E-state index in [9.17, 15) is 4.79 Å². The monoisotopic (exact) mass is 378 g/mol. The van der Waals surface area contributed by atoms with Crippen LogP contribution < -0.4 is 0 Å². The first-order valence-corrected chi connectivity index (χ1v) is 9.92. The van der Waals surface area contributed by atoms with E-state index < -0.39 is 0 Å². The number of hydrogen-bond donors (Lipinski definition) is 0. The molecular formula is C21H26N6O. The summed E-state index contributed by atoms with van der Waals surface area (Å²) in [5.74, 6) is 1.96. The van der Waals surface area contributed by atoms with E-state index in [0.717, 1.165) is 43.1 Å². The SMILES string of the molecule is CCCc1cc(C(=O)N2CCc3nnc(Cc4ccccc4)n3CC2)n(C)n1. The van der Waals surface area contributed by atoms with Gasteiger partial charge in [0, 0.05) is 39.5 Å². The van der Waals surface area contributed by atoms with Crippen molar-refractivity contribution in [3.63, 3.8) is 0 Å². The Morgan fingerprint density at radius 3 is 2.71 bits per heavy atom. The van der Waals surface area contributed by atoms with Gasteiger partial charge >= 0.3 is 0 Å². The zero-order valence-electron chi connectivity index (χ0n) is 16.5. The molecule has 0 unspecified atom stereocenters. The van der Waals surface area contributed by atoms with Gasteiger partial charge in [-0.1, -0.05) is 43.7 Å². The summed E-state index contributed by atoms with van der Waals surface area (Å²) in [6.07, 6.45) is 3.38. The van der Waals surface area contributed by atoms with E-state index in [1.165, 1.54) is 5.56 Å². The zero-order chi connectivity index (χ0) is 19.5. The highest BCUT2D eigenvalue weighted by atomic mass is 16.2. The first-order valence-electron chi connectivity index (χ1n) is 9.92. The Bertz CT molecular complexity index is 959. The maximum atomic E-state index is 13.1. The van der Waals surface area contributed by atoms with Gasteiger partial charge in [0.25, 0.3) is 5.91 Å². The second kappa shape index (κ2) is 7.96. The number of aryl methyl sites for hydroxylation is 2. The molecule has 2 aromatic heterocycles. The Balaban J connectivity index is 1.48. The number of hydrogen-bond acceptors (Lipinski definition) is 4. The molecule has 146 valence electrons. The fourth-order valence-corrected chi connectivity index (χ4v) is 3.76. The van der Waals surface area contributed by atoms with E-state index in [1.54, 1.807) is 4.68 Å². The molecule has 0 saturated carbocycles. The molecule has 1 aliphatic rings. The summed E-state index contributed by atoms with van der Waals surface area (Å²) in [4.78, 5) is 15.0. The fourth-order valence-electron chi connectivity index (χ4n) is 3.76. The quantitative estimate of drug-likeness (QED) is 0.683. The maximum absolute atomic E-state index is 13.1. The van der Waals surface area contributed by atoms with Crippen molar-refractivity contribution in [1.82, 2.24) is 29.4 Å². The lowest BCUT2D eigenvalue weighted by Crippen LogP contribution is -2.35. The van der Waals surface area contributed by atoms with Gasteiger partial charge in [0.15, 0.2) is 0 Å². The Morgan fingerprint density at radius 1 is 1.11 bits per heavy atom. The molecule has 1 amide bonds. The van der Waals surface area contributed by atoms with E-state index >= 15 is 0 Å². The molecule has 3 aromatic rings. The van der Waals surface area contributed by atoms with E-state index in [0.29, 0.717) is 25.2 Å². The van der Waals surface area contributed by atoms with Gasteiger partial charge in [-0.3, -0.25) is 9.48 Å². The summed E-state index contributed by atoms with van der Waals surface area (Å²) >= 11 is 0. The lowest BCUT2D eigenvalue weighted by atomic mass is 10.1. The molecule has 0 bridgehead atoms. The van der Waals surface area contributed by atoms with Crippen LogP contribution in [0.5, 0.6) is 0 Å². The van der Waals surface area contributed by atoms with Gasteiger partial charge in [-0.25, -0.2) is 0 Å². The summed E-state index contributed by atoms with van der Waals surface area (Å²) in [5, 5.41) is 13.3. The minimum Gasteiger partial charge on any atom is -0.335 e. The average molecular weight is 378 g/mol. The van der Waals surface area contributed by atoms with Crippen molar-refractivity contribution < 1.29 is 4.79 Å². The van der Waals surface area contributed by atoms with E-state index in [2.05, 4.69) is 38.9 Å². The normalized spacial score (nSPS) is 14.0. The lowest BCUT2D eigenvalue weighted by molar-refractivity contribution is 0.0747. The van der Waals surface area contributed by atoms with Crippen molar-refractivity contribution in [2.24, 2.45) is 7.05 Å². The van der Waals surface area contributed by atoms with Gasteiger partial charge in [-0.2, -0.15) is 5.10 Å². The summed E-state index contributed by atoms with van der Waals surface area (Å²) < 4.78 is 3.88. The van der Waals surface area contributed by atoms with E-state index in [-0.39, 0.29) is 5.91 Å². The van der Waals surface area contributed by atoms with Crippen LogP contribution in [0.1, 0.15) is 46.7 Å². The zero-order valence-corrected chi connectivity index (χ0v) is 16.5. The number of fused-ring (bicyclic) bond motifs is 1. The highest BCUT2D eigenvalue weighted by Gasteiger charge is 2.24. The Labute approximate surface area is 165 Å². The molecule has 28 heavy (non-hydrogen) atoms. The molecule has 0 fully saturated rings. The van der Waals surface area contributed by atoms with Crippen LogP contribution in [-0.2, 0) is 32.9 Å². The van der Waals surface area contributed by atoms with Gasteiger partial charge in [0.05, 0.1) is 5.69 Å². The third kappa shape index (κ3) is 3.69. The van der Waals surface area contributed by atoms with Crippen molar-refractivity contribution in [3.8, 4) is 0 Å². The lowest BCUT2D eigenvalue weighted by Gasteiger charge is -2.20. The fraction of sp³-hybridized carbons (Fsp3) is 0.429. The molecule has 0 aliphatic carbocycles. The van der Waals surface area contributed by atoms with Crippen LogP contribution >= 0.6 is 0 Å². The Morgan fingerprint density at radius 2 is 1.93 bits per heavy atom. The van der Waals surface area contributed by atoms with Crippen LogP contribution in [0.25, 0.3) is 0 Å². The first-order chi connectivity index (χ1) is 13.7. The number of aromatic nitrogens is 5. The minimum atomic E-state index is 0.0423. The summed E-state index contributed by atoms with van der Waals surface area (Å²) in [5.41, 5.74) is 2.85. The number of nitrogens with zero attached hydrogens (tertiary/aromatic N) is 6. The van der Waals surface area contributed by atoms with Crippen LogP contribution in [0.15, 0.2) is 36.4 Å². The second-order valence-electron chi connectivity index (χ2n) is 7.28. The standard InChI is InChI=1S/C21H26N6O/c1-3-7-17-15-18(25(2)24-17)21(28)26-11-10-19-22-23-20(27(19)13-12-26)14-16-8-5-4-6-9-16/h4-6,8-9,15H,3,7,10-14H2,1-2H3. The van der Waals surface area contributed by atoms with Crippen molar-refractivity contribution in [3.05, 3.63) is 65.0 Å². The van der Waals surface area contributed by atoms with Gasteiger partial charge in [-0.05, 0) is 18.1 Å². The molecule has 7 heteroatoms. The van der Waals surface area contributed by atoms with Crippen LogP contribution in [0, 0.1) is 0 Å². The minimum absolute atomic E-state index is 0.0423. The summed E-state index contributed by atoms with van der Waals surface area (Å²) in [7, 11) is 1.84. The van der Waals surface area contributed by atoms with Crippen LogP contribution in [0.2, 0.25) is 0 Å². The molecule has 1 aliphatic heterocycles.